The summed E-state index contributed by atoms with van der Waals surface area (Å²) in [6.45, 7) is 0. The van der Waals surface area contributed by atoms with E-state index < -0.39 is 83.6 Å². The molecule has 37 heavy (non-hydrogen) atoms. The van der Waals surface area contributed by atoms with Crippen molar-refractivity contribution in [3.05, 3.63) is 0 Å². The second kappa shape index (κ2) is 13.2. The maximum Gasteiger partial charge on any atom is 0.470 e. The molecule has 0 saturated heterocycles. The van der Waals surface area contributed by atoms with Gasteiger partial charge in [0.25, 0.3) is 0 Å². The maximum atomic E-state index is 11.4. The van der Waals surface area contributed by atoms with Gasteiger partial charge in [-0.2, -0.15) is 0 Å². The molecule has 0 aromatic heterocycles. The monoisotopic (exact) mass is 780 g/mol. The minimum atomic E-state index is -6.02. The van der Waals surface area contributed by atoms with Crippen LogP contribution >= 0.6 is 46.9 Å². The zero-order valence-electron chi connectivity index (χ0n) is 16.9. The van der Waals surface area contributed by atoms with E-state index in [2.05, 4.69) is 27.1 Å². The van der Waals surface area contributed by atoms with Gasteiger partial charge in [-0.3, -0.25) is 27.1 Å². The molecule has 0 aromatic rings. The molecule has 1 aliphatic rings. The summed E-state index contributed by atoms with van der Waals surface area (Å²) in [5, 5.41) is 0. The standard InChI is InChI=1S/C6H18O24P6.Sn/c7-31(8,9)25-1-2(26-32(10,11)12)4(28-34(16,17)18)6(30-36(22,23)24)5(29-35(19,20)21)3(1)27-33(13,14)15;/h1-6H,(H2,7,8,9)(H2,10,11,12)(H2,13,14,15)(H2,16,17,18)(H2,19,20,21)(H2,22,23,24);. The summed E-state index contributed by atoms with van der Waals surface area (Å²) in [4.78, 5) is 110. The van der Waals surface area contributed by atoms with Gasteiger partial charge in [0, 0.05) is 23.9 Å². The Morgan fingerprint density at radius 3 is 0.432 bits per heavy atom. The van der Waals surface area contributed by atoms with Crippen LogP contribution in [0.3, 0.4) is 0 Å². The van der Waals surface area contributed by atoms with Gasteiger partial charge in [-0.15, -0.1) is 0 Å². The second-order valence-corrected chi connectivity index (χ2v) is 13.5. The first-order valence-electron chi connectivity index (χ1n) is 8.01. The van der Waals surface area contributed by atoms with Crippen molar-refractivity contribution in [1.82, 2.24) is 0 Å². The molecule has 4 radical (unpaired) electrons. The number of hydrogen-bond donors (Lipinski definition) is 12. The fourth-order valence-corrected chi connectivity index (χ4v) is 6.14. The smallest absolute Gasteiger partial charge is 0.303 e. The Bertz CT molecular complexity index is 824. The van der Waals surface area contributed by atoms with Crippen molar-refractivity contribution < 1.29 is 113 Å². The van der Waals surface area contributed by atoms with E-state index in [0.717, 1.165) is 0 Å². The van der Waals surface area contributed by atoms with Crippen molar-refractivity contribution in [2.75, 3.05) is 0 Å². The largest absolute Gasteiger partial charge is 0.470 e. The van der Waals surface area contributed by atoms with Crippen molar-refractivity contribution in [1.29, 1.82) is 0 Å². The molecule has 0 atom stereocenters. The summed E-state index contributed by atoms with van der Waals surface area (Å²) in [5.41, 5.74) is 0. The average Bonchev–Trinajstić information content (AvgIpc) is 2.51. The van der Waals surface area contributed by atoms with Gasteiger partial charge in [0.1, 0.15) is 36.6 Å². The summed E-state index contributed by atoms with van der Waals surface area (Å²) >= 11 is 0. The molecule has 0 unspecified atom stereocenters. The molecule has 1 rings (SSSR count). The summed E-state index contributed by atoms with van der Waals surface area (Å²) in [6.07, 6.45) is -18.9. The summed E-state index contributed by atoms with van der Waals surface area (Å²) in [6, 6.07) is 0. The van der Waals surface area contributed by atoms with Crippen molar-refractivity contribution in [2.45, 2.75) is 36.6 Å². The van der Waals surface area contributed by atoms with Crippen LogP contribution in [0.25, 0.3) is 0 Å². The van der Waals surface area contributed by atoms with Gasteiger partial charge in [0.2, 0.25) is 0 Å². The quantitative estimate of drug-likeness (QED) is 0.0675. The fourth-order valence-electron chi connectivity index (χ4n) is 2.79. The van der Waals surface area contributed by atoms with E-state index in [1.165, 1.54) is 0 Å². The van der Waals surface area contributed by atoms with E-state index in [-0.39, 0.29) is 23.9 Å². The molecule has 12 N–H and O–H groups in total. The van der Waals surface area contributed by atoms with E-state index in [9.17, 15) is 27.4 Å². The van der Waals surface area contributed by atoms with Gasteiger partial charge in [-0.05, 0) is 0 Å². The maximum absolute atomic E-state index is 11.4. The summed E-state index contributed by atoms with van der Waals surface area (Å²) in [5.74, 6) is 0. The van der Waals surface area contributed by atoms with Gasteiger partial charge in [-0.1, -0.05) is 0 Å². The third-order valence-electron chi connectivity index (χ3n) is 3.50. The summed E-state index contributed by atoms with van der Waals surface area (Å²) in [7, 11) is -36.1. The predicted octanol–water partition coefficient (Wildman–Crippen LogP) is -3.51. The SMILES string of the molecule is O=P(O)(O)OC1C(OP(=O)(O)O)C(OP(=O)(O)O)C(OP(=O)(O)O)C(OP(=O)(O)O)C1OP(=O)(O)O.[Sn]. The normalized spacial score (nSPS) is 28.5. The summed E-state index contributed by atoms with van der Waals surface area (Å²) < 4.78 is 93.1. The number of hydrogen-bond acceptors (Lipinski definition) is 12. The minimum absolute atomic E-state index is 0. The van der Waals surface area contributed by atoms with Gasteiger partial charge in [0.05, 0.1) is 0 Å². The first-order chi connectivity index (χ1) is 15.6. The predicted molar refractivity (Wildman–Crippen MR) is 107 cm³/mol. The Balaban J connectivity index is 0.0000130. The Morgan fingerprint density at radius 2 is 0.378 bits per heavy atom. The van der Waals surface area contributed by atoms with Crippen LogP contribution in [-0.2, 0) is 54.5 Å². The van der Waals surface area contributed by atoms with Crippen LogP contribution in [0.5, 0.6) is 0 Å². The van der Waals surface area contributed by atoms with Crippen molar-refractivity contribution in [3.63, 3.8) is 0 Å². The third kappa shape index (κ3) is 15.3. The van der Waals surface area contributed by atoms with Gasteiger partial charge in [-0.25, -0.2) is 27.4 Å². The molecule has 220 valence electrons. The minimum Gasteiger partial charge on any atom is -0.303 e. The molecule has 1 saturated carbocycles. The number of phosphoric acid groups is 6. The molecule has 0 aromatic carbocycles. The molecule has 1 aliphatic carbocycles. The van der Waals surface area contributed by atoms with Gasteiger partial charge in [0.15, 0.2) is 0 Å². The van der Waals surface area contributed by atoms with Crippen LogP contribution < -0.4 is 0 Å². The van der Waals surface area contributed by atoms with Crippen LogP contribution in [0.15, 0.2) is 0 Å². The van der Waals surface area contributed by atoms with Gasteiger partial charge >= 0.3 is 46.9 Å². The number of rotatable bonds is 12. The van der Waals surface area contributed by atoms with Crippen molar-refractivity contribution >= 4 is 70.8 Å². The molecule has 0 aliphatic heterocycles. The number of phosphoric ester groups is 6. The van der Waals surface area contributed by atoms with Crippen molar-refractivity contribution in [2.24, 2.45) is 0 Å². The van der Waals surface area contributed by atoms with E-state index in [1.807, 2.05) is 0 Å². The van der Waals surface area contributed by atoms with Crippen LogP contribution in [-0.4, -0.2) is 119 Å². The second-order valence-electron chi connectivity index (χ2n) is 6.36. The molecule has 0 spiro atoms. The van der Waals surface area contributed by atoms with Crippen LogP contribution in [0.1, 0.15) is 0 Å². The molecular formula is C6H18O24P6Sn. The van der Waals surface area contributed by atoms with Crippen LogP contribution in [0.4, 0.5) is 0 Å². The zero-order valence-corrected chi connectivity index (χ0v) is 25.1. The van der Waals surface area contributed by atoms with E-state index >= 15 is 0 Å². The Hall–Kier alpha value is 1.46. The van der Waals surface area contributed by atoms with E-state index in [1.54, 1.807) is 0 Å². The first-order valence-corrected chi connectivity index (χ1v) is 17.2. The fraction of sp³-hybridized carbons (Fsp3) is 1.00. The molecule has 0 heterocycles. The van der Waals surface area contributed by atoms with Crippen LogP contribution in [0, 0.1) is 0 Å². The third-order valence-corrected chi connectivity index (χ3v) is 6.61. The zero-order chi connectivity index (χ0) is 28.7. The average molecular weight is 779 g/mol. The molecule has 24 nitrogen and oxygen atoms in total. The topological polar surface area (TPSA) is 401 Å². The van der Waals surface area contributed by atoms with Gasteiger partial charge < -0.3 is 58.7 Å². The van der Waals surface area contributed by atoms with E-state index in [4.69, 9.17) is 58.7 Å². The van der Waals surface area contributed by atoms with Crippen molar-refractivity contribution in [3.8, 4) is 0 Å². The molecule has 0 bridgehead atoms. The molecule has 0 amide bonds. The van der Waals surface area contributed by atoms with Crippen LogP contribution in [0.2, 0.25) is 0 Å². The molecule has 1 fully saturated rings. The Morgan fingerprint density at radius 1 is 0.297 bits per heavy atom. The Kier molecular flexibility index (Phi) is 13.7. The first kappa shape index (κ1) is 38.5. The molecular weight excluding hydrogens is 761 g/mol. The Labute approximate surface area is 220 Å². The molecule has 31 heteroatoms. The van der Waals surface area contributed by atoms with E-state index in [0.29, 0.717) is 0 Å².